The van der Waals surface area contributed by atoms with E-state index in [4.69, 9.17) is 11.6 Å². The van der Waals surface area contributed by atoms with E-state index in [0.29, 0.717) is 23.7 Å². The molecule has 1 amide bonds. The van der Waals surface area contributed by atoms with Crippen molar-refractivity contribution in [1.29, 1.82) is 0 Å². The summed E-state index contributed by atoms with van der Waals surface area (Å²) in [6.45, 7) is 2.87. The van der Waals surface area contributed by atoms with Crippen molar-refractivity contribution in [1.82, 2.24) is 15.6 Å². The molecule has 2 heterocycles. The first-order valence-corrected chi connectivity index (χ1v) is 6.13. The third kappa shape index (κ3) is 2.82. The molecule has 1 aliphatic rings. The lowest BCUT2D eigenvalue weighted by molar-refractivity contribution is -0.189. The number of rotatable bonds is 3. The van der Waals surface area contributed by atoms with Gasteiger partial charge in [-0.3, -0.25) is 4.79 Å². The summed E-state index contributed by atoms with van der Waals surface area (Å²) in [6.07, 6.45) is -0.0393. The Kier molecular flexibility index (Phi) is 4.21. The van der Waals surface area contributed by atoms with Gasteiger partial charge in [-0.25, -0.2) is 0 Å². The minimum Gasteiger partial charge on any atom is -0.353 e. The maximum atomic E-state index is 12.3. The summed E-state index contributed by atoms with van der Waals surface area (Å²) >= 11 is 5.87. The molecular weight excluding hydrogens is 261 g/mol. The van der Waals surface area contributed by atoms with Crippen LogP contribution in [0.4, 0.5) is 4.53 Å². The highest BCUT2D eigenvalue weighted by atomic mass is 35.5. The largest absolute Gasteiger partial charge is 0.353 e. The topological polar surface area (TPSA) is 66.2 Å². The summed E-state index contributed by atoms with van der Waals surface area (Å²) in [7, 11) is 0. The fourth-order valence-electron chi connectivity index (χ4n) is 1.99. The lowest BCUT2D eigenvalue weighted by Gasteiger charge is -2.29. The lowest BCUT2D eigenvalue weighted by atomic mass is 10.0. The number of amides is 1. The molecule has 18 heavy (non-hydrogen) atoms. The van der Waals surface area contributed by atoms with Gasteiger partial charge in [0.05, 0.1) is 11.1 Å². The Labute approximate surface area is 109 Å². The number of aromatic amines is 1. The molecular formula is C11H15ClFN3O2. The van der Waals surface area contributed by atoms with Gasteiger partial charge in [-0.2, -0.15) is 4.94 Å². The van der Waals surface area contributed by atoms with Crippen LogP contribution in [-0.4, -0.2) is 36.1 Å². The van der Waals surface area contributed by atoms with E-state index in [-0.39, 0.29) is 11.9 Å². The van der Waals surface area contributed by atoms with Gasteiger partial charge in [0.15, 0.2) is 0 Å². The number of aryl methyl sites for hydroxylation is 1. The Balaban J connectivity index is 2.01. The molecule has 100 valence electrons. The van der Waals surface area contributed by atoms with Gasteiger partial charge in [0.25, 0.3) is 5.91 Å². The molecule has 1 aliphatic heterocycles. The van der Waals surface area contributed by atoms with Crippen molar-refractivity contribution >= 4 is 17.5 Å². The van der Waals surface area contributed by atoms with E-state index in [0.717, 1.165) is 12.2 Å². The average Bonchev–Trinajstić information content (AvgIpc) is 2.70. The van der Waals surface area contributed by atoms with Crippen LogP contribution in [0.3, 0.4) is 0 Å². The summed E-state index contributed by atoms with van der Waals surface area (Å²) in [5.74, 6) is -0.307. The fourth-order valence-corrected chi connectivity index (χ4v) is 2.15. The van der Waals surface area contributed by atoms with Gasteiger partial charge < -0.3 is 15.6 Å². The van der Waals surface area contributed by atoms with E-state index in [1.807, 2.05) is 0 Å². The maximum absolute atomic E-state index is 12.3. The summed E-state index contributed by atoms with van der Waals surface area (Å²) in [5, 5.41) is 6.24. The molecule has 1 fully saturated rings. The average molecular weight is 276 g/mol. The minimum atomic E-state index is -0.658. The number of nitrogens with one attached hydrogen (secondary N) is 3. The molecule has 2 atom stereocenters. The smallest absolute Gasteiger partial charge is 0.268 e. The number of aromatic nitrogens is 1. The van der Waals surface area contributed by atoms with Gasteiger partial charge in [-0.05, 0) is 30.5 Å². The Hall–Kier alpha value is -1.11. The van der Waals surface area contributed by atoms with Crippen molar-refractivity contribution in [2.75, 3.05) is 13.1 Å². The monoisotopic (exact) mass is 275 g/mol. The summed E-state index contributed by atoms with van der Waals surface area (Å²) in [4.78, 5) is 18.7. The predicted octanol–water partition coefficient (Wildman–Crippen LogP) is 1.34. The van der Waals surface area contributed by atoms with Gasteiger partial charge >= 0.3 is 0 Å². The first-order chi connectivity index (χ1) is 8.61. The number of hydrogen-bond acceptors (Lipinski definition) is 3. The SMILES string of the molecule is Cc1[nH]c(C(=O)N[C@@H]2CCNC[C@H]2OF)cc1Cl. The second kappa shape index (κ2) is 5.69. The normalized spacial score (nSPS) is 23.9. The highest BCUT2D eigenvalue weighted by Gasteiger charge is 2.28. The molecule has 0 unspecified atom stereocenters. The van der Waals surface area contributed by atoms with Gasteiger partial charge in [0.1, 0.15) is 11.8 Å². The van der Waals surface area contributed by atoms with Crippen LogP contribution >= 0.6 is 11.6 Å². The Morgan fingerprint density at radius 1 is 1.67 bits per heavy atom. The lowest BCUT2D eigenvalue weighted by Crippen LogP contribution is -2.53. The molecule has 2 rings (SSSR count). The molecule has 0 aromatic carbocycles. The quantitative estimate of drug-likeness (QED) is 0.780. The summed E-state index contributed by atoms with van der Waals surface area (Å²) < 4.78 is 12.3. The zero-order chi connectivity index (χ0) is 13.1. The fraction of sp³-hybridized carbons (Fsp3) is 0.545. The van der Waals surface area contributed by atoms with Gasteiger partial charge in [-0.15, -0.1) is 0 Å². The van der Waals surface area contributed by atoms with E-state index < -0.39 is 6.10 Å². The zero-order valence-electron chi connectivity index (χ0n) is 9.93. The van der Waals surface area contributed by atoms with E-state index in [1.165, 1.54) is 0 Å². The molecule has 1 saturated heterocycles. The van der Waals surface area contributed by atoms with E-state index in [9.17, 15) is 9.32 Å². The van der Waals surface area contributed by atoms with Crippen LogP contribution in [0.5, 0.6) is 0 Å². The number of H-pyrrole nitrogens is 1. The molecule has 0 aliphatic carbocycles. The van der Waals surface area contributed by atoms with Gasteiger partial charge in [0, 0.05) is 12.2 Å². The van der Waals surface area contributed by atoms with E-state index in [1.54, 1.807) is 13.0 Å². The van der Waals surface area contributed by atoms with Crippen LogP contribution < -0.4 is 10.6 Å². The minimum absolute atomic E-state index is 0.307. The second-order valence-corrected chi connectivity index (χ2v) is 4.76. The number of carbonyl (C=O) groups is 1. The molecule has 1 aromatic rings. The van der Waals surface area contributed by atoms with Crippen molar-refractivity contribution in [3.8, 4) is 0 Å². The zero-order valence-corrected chi connectivity index (χ0v) is 10.7. The summed E-state index contributed by atoms with van der Waals surface area (Å²) in [6, 6.07) is 1.21. The van der Waals surface area contributed by atoms with Crippen LogP contribution in [0.1, 0.15) is 22.6 Å². The van der Waals surface area contributed by atoms with Crippen LogP contribution in [0.25, 0.3) is 0 Å². The molecule has 0 bridgehead atoms. The standard InChI is InChI=1S/C11H15ClFN3O2/c1-6-7(12)4-9(15-6)11(17)16-8-2-3-14-5-10(8)18-13/h4,8,10,14-15H,2-3,5H2,1H3,(H,16,17)/t8-,10-/m1/s1. The van der Waals surface area contributed by atoms with Crippen LogP contribution in [0.15, 0.2) is 6.07 Å². The molecule has 0 spiro atoms. The molecule has 1 aromatic heterocycles. The molecule has 0 saturated carbocycles. The third-order valence-corrected chi connectivity index (χ3v) is 3.45. The van der Waals surface area contributed by atoms with Crippen LogP contribution in [-0.2, 0) is 4.94 Å². The summed E-state index contributed by atoms with van der Waals surface area (Å²) in [5.41, 5.74) is 1.10. The molecule has 7 heteroatoms. The number of halogens is 2. The highest BCUT2D eigenvalue weighted by molar-refractivity contribution is 6.31. The highest BCUT2D eigenvalue weighted by Crippen LogP contribution is 2.16. The first kappa shape index (κ1) is 13.3. The number of hydrogen-bond donors (Lipinski definition) is 3. The van der Waals surface area contributed by atoms with Crippen molar-refractivity contribution in [3.05, 3.63) is 22.5 Å². The van der Waals surface area contributed by atoms with Crippen molar-refractivity contribution in [3.63, 3.8) is 0 Å². The van der Waals surface area contributed by atoms with Crippen LogP contribution in [0.2, 0.25) is 5.02 Å². The van der Waals surface area contributed by atoms with Crippen molar-refractivity contribution in [2.24, 2.45) is 0 Å². The molecule has 3 N–H and O–H groups in total. The molecule has 5 nitrogen and oxygen atoms in total. The second-order valence-electron chi connectivity index (χ2n) is 4.36. The van der Waals surface area contributed by atoms with Gasteiger partial charge in [0.2, 0.25) is 0 Å². The maximum Gasteiger partial charge on any atom is 0.268 e. The first-order valence-electron chi connectivity index (χ1n) is 5.76. The van der Waals surface area contributed by atoms with Crippen LogP contribution in [0, 0.1) is 6.92 Å². The van der Waals surface area contributed by atoms with E-state index in [2.05, 4.69) is 20.6 Å². The Morgan fingerprint density at radius 2 is 2.44 bits per heavy atom. The van der Waals surface area contributed by atoms with Crippen molar-refractivity contribution in [2.45, 2.75) is 25.5 Å². The predicted molar refractivity (Wildman–Crippen MR) is 65.3 cm³/mol. The number of carbonyl (C=O) groups excluding carboxylic acids is 1. The van der Waals surface area contributed by atoms with Gasteiger partial charge in [-0.1, -0.05) is 11.6 Å². The number of piperidine rings is 1. The molecule has 0 radical (unpaired) electrons. The van der Waals surface area contributed by atoms with E-state index >= 15 is 0 Å². The third-order valence-electron chi connectivity index (χ3n) is 3.05. The Bertz CT molecular complexity index is 418. The Morgan fingerprint density at radius 3 is 3.06 bits per heavy atom. The van der Waals surface area contributed by atoms with Crippen molar-refractivity contribution < 1.29 is 14.3 Å².